The molecule has 1 N–H and O–H groups in total. The van der Waals surface area contributed by atoms with Crippen LogP contribution in [0.25, 0.3) is 0 Å². The Morgan fingerprint density at radius 1 is 0.895 bits per heavy atom. The molecule has 1 saturated carbocycles. The van der Waals surface area contributed by atoms with Gasteiger partial charge in [-0.1, -0.05) is 78.6 Å². The Balaban J connectivity index is 1.93. The largest absolute Gasteiger partial charge is 0.313 e. The molecule has 0 aromatic heterocycles. The van der Waals surface area contributed by atoms with E-state index in [-0.39, 0.29) is 0 Å². The molecule has 0 radical (unpaired) electrons. The SMILES string of the molecule is CCCCCCCCCCNC1CCCCC1(C)C. The van der Waals surface area contributed by atoms with Gasteiger partial charge in [-0.2, -0.15) is 0 Å². The van der Waals surface area contributed by atoms with Gasteiger partial charge in [0.2, 0.25) is 0 Å². The molecule has 0 aromatic carbocycles. The van der Waals surface area contributed by atoms with Crippen molar-refractivity contribution in [2.24, 2.45) is 5.41 Å². The fourth-order valence-electron chi connectivity index (χ4n) is 3.41. The van der Waals surface area contributed by atoms with E-state index in [1.54, 1.807) is 0 Å². The maximum atomic E-state index is 3.82. The van der Waals surface area contributed by atoms with Crippen LogP contribution in [0.2, 0.25) is 0 Å². The van der Waals surface area contributed by atoms with Crippen molar-refractivity contribution < 1.29 is 0 Å². The summed E-state index contributed by atoms with van der Waals surface area (Å²) >= 11 is 0. The molecule has 19 heavy (non-hydrogen) atoms. The van der Waals surface area contributed by atoms with Crippen LogP contribution in [0.5, 0.6) is 0 Å². The molecule has 0 bridgehead atoms. The maximum Gasteiger partial charge on any atom is 0.0118 e. The first kappa shape index (κ1) is 17.0. The highest BCUT2D eigenvalue weighted by Gasteiger charge is 2.31. The Morgan fingerprint density at radius 2 is 1.53 bits per heavy atom. The average molecular weight is 268 g/mol. The summed E-state index contributed by atoms with van der Waals surface area (Å²) in [5, 5.41) is 3.82. The van der Waals surface area contributed by atoms with Gasteiger partial charge in [0.15, 0.2) is 0 Å². The first-order chi connectivity index (χ1) is 9.17. The predicted octanol–water partition coefficient (Wildman–Crippen LogP) is 5.69. The summed E-state index contributed by atoms with van der Waals surface area (Å²) in [4.78, 5) is 0. The summed E-state index contributed by atoms with van der Waals surface area (Å²) < 4.78 is 0. The molecule has 1 fully saturated rings. The molecule has 0 aromatic rings. The molecule has 0 heterocycles. The van der Waals surface area contributed by atoms with Gasteiger partial charge in [-0.25, -0.2) is 0 Å². The lowest BCUT2D eigenvalue weighted by molar-refractivity contribution is 0.167. The smallest absolute Gasteiger partial charge is 0.0118 e. The van der Waals surface area contributed by atoms with Crippen molar-refractivity contribution in [1.29, 1.82) is 0 Å². The molecule has 0 amide bonds. The summed E-state index contributed by atoms with van der Waals surface area (Å²) in [5.74, 6) is 0. The molecule has 1 atom stereocenters. The average Bonchev–Trinajstić information content (AvgIpc) is 2.38. The zero-order valence-electron chi connectivity index (χ0n) is 13.8. The summed E-state index contributed by atoms with van der Waals surface area (Å²) in [6, 6.07) is 0.769. The van der Waals surface area contributed by atoms with Gasteiger partial charge in [0.1, 0.15) is 0 Å². The molecule has 1 heteroatoms. The molecule has 1 rings (SSSR count). The minimum Gasteiger partial charge on any atom is -0.313 e. The number of hydrogen-bond donors (Lipinski definition) is 1. The van der Waals surface area contributed by atoms with E-state index in [9.17, 15) is 0 Å². The second kappa shape index (κ2) is 9.80. The lowest BCUT2D eigenvalue weighted by Gasteiger charge is -2.39. The van der Waals surface area contributed by atoms with Crippen LogP contribution in [0.1, 0.15) is 97.8 Å². The molecule has 0 saturated heterocycles. The summed E-state index contributed by atoms with van der Waals surface area (Å²) in [6.45, 7) is 8.41. The highest BCUT2D eigenvalue weighted by atomic mass is 14.9. The van der Waals surface area contributed by atoms with E-state index in [1.165, 1.54) is 83.6 Å². The molecule has 0 spiro atoms. The Bertz CT molecular complexity index is 210. The van der Waals surface area contributed by atoms with E-state index in [1.807, 2.05) is 0 Å². The maximum absolute atomic E-state index is 3.82. The van der Waals surface area contributed by atoms with Crippen molar-refractivity contribution in [3.63, 3.8) is 0 Å². The molecule has 1 aliphatic carbocycles. The molecule has 0 aliphatic heterocycles. The van der Waals surface area contributed by atoms with Crippen molar-refractivity contribution in [3.8, 4) is 0 Å². The van der Waals surface area contributed by atoms with E-state index in [0.29, 0.717) is 5.41 Å². The van der Waals surface area contributed by atoms with Gasteiger partial charge in [0.25, 0.3) is 0 Å². The van der Waals surface area contributed by atoms with Crippen molar-refractivity contribution in [2.75, 3.05) is 6.54 Å². The van der Waals surface area contributed by atoms with Crippen molar-refractivity contribution in [3.05, 3.63) is 0 Å². The summed E-state index contributed by atoms with van der Waals surface area (Å²) in [5.41, 5.74) is 0.526. The van der Waals surface area contributed by atoms with E-state index in [4.69, 9.17) is 0 Å². The quantitative estimate of drug-likeness (QED) is 0.502. The molecule has 1 unspecified atom stereocenters. The first-order valence-corrected chi connectivity index (χ1v) is 8.90. The third-order valence-corrected chi connectivity index (χ3v) is 4.93. The standard InChI is InChI=1S/C18H37N/c1-4-5-6-7-8-9-10-13-16-19-17-14-11-12-15-18(17,2)3/h17,19H,4-16H2,1-3H3. The lowest BCUT2D eigenvalue weighted by Crippen LogP contribution is -2.44. The van der Waals surface area contributed by atoms with Crippen LogP contribution >= 0.6 is 0 Å². The normalized spacial score (nSPS) is 22.6. The minimum atomic E-state index is 0.526. The van der Waals surface area contributed by atoms with Crippen molar-refractivity contribution in [1.82, 2.24) is 5.32 Å². The van der Waals surface area contributed by atoms with Gasteiger partial charge >= 0.3 is 0 Å². The van der Waals surface area contributed by atoms with Gasteiger partial charge in [-0.3, -0.25) is 0 Å². The van der Waals surface area contributed by atoms with Gasteiger partial charge < -0.3 is 5.32 Å². The number of unbranched alkanes of at least 4 members (excludes halogenated alkanes) is 7. The highest BCUT2D eigenvalue weighted by molar-refractivity contribution is 4.87. The van der Waals surface area contributed by atoms with E-state index in [2.05, 4.69) is 26.1 Å². The summed E-state index contributed by atoms with van der Waals surface area (Å²) in [7, 11) is 0. The third kappa shape index (κ3) is 7.34. The predicted molar refractivity (Wildman–Crippen MR) is 86.6 cm³/mol. The van der Waals surface area contributed by atoms with Gasteiger partial charge in [0, 0.05) is 6.04 Å². The topological polar surface area (TPSA) is 12.0 Å². The second-order valence-corrected chi connectivity index (χ2v) is 7.22. The van der Waals surface area contributed by atoms with Crippen LogP contribution in [0, 0.1) is 5.41 Å². The van der Waals surface area contributed by atoms with E-state index < -0.39 is 0 Å². The van der Waals surface area contributed by atoms with Crippen molar-refractivity contribution >= 4 is 0 Å². The third-order valence-electron chi connectivity index (χ3n) is 4.93. The molecule has 1 aliphatic rings. The van der Waals surface area contributed by atoms with E-state index in [0.717, 1.165) is 6.04 Å². The Kier molecular flexibility index (Phi) is 8.77. The van der Waals surface area contributed by atoms with Crippen LogP contribution < -0.4 is 5.32 Å². The number of hydrogen-bond acceptors (Lipinski definition) is 1. The monoisotopic (exact) mass is 267 g/mol. The van der Waals surface area contributed by atoms with Crippen LogP contribution in [-0.2, 0) is 0 Å². The van der Waals surface area contributed by atoms with Crippen LogP contribution in [0.4, 0.5) is 0 Å². The van der Waals surface area contributed by atoms with Gasteiger partial charge in [0.05, 0.1) is 0 Å². The first-order valence-electron chi connectivity index (χ1n) is 8.90. The number of nitrogens with one attached hydrogen (secondary N) is 1. The van der Waals surface area contributed by atoms with E-state index >= 15 is 0 Å². The molecule has 1 nitrogen and oxygen atoms in total. The summed E-state index contributed by atoms with van der Waals surface area (Å²) in [6.07, 6.45) is 17.1. The fraction of sp³-hybridized carbons (Fsp3) is 1.00. The number of rotatable bonds is 10. The van der Waals surface area contributed by atoms with Crippen LogP contribution in [-0.4, -0.2) is 12.6 Å². The molecule has 114 valence electrons. The zero-order valence-corrected chi connectivity index (χ0v) is 13.8. The second-order valence-electron chi connectivity index (χ2n) is 7.22. The minimum absolute atomic E-state index is 0.526. The van der Waals surface area contributed by atoms with Crippen molar-refractivity contribution in [2.45, 2.75) is 104 Å². The molecular formula is C18H37N. The zero-order chi connectivity index (χ0) is 14.0. The molecular weight excluding hydrogens is 230 g/mol. The fourth-order valence-corrected chi connectivity index (χ4v) is 3.41. The van der Waals surface area contributed by atoms with Crippen LogP contribution in [0.15, 0.2) is 0 Å². The van der Waals surface area contributed by atoms with Crippen LogP contribution in [0.3, 0.4) is 0 Å². The lowest BCUT2D eigenvalue weighted by atomic mass is 9.73. The highest BCUT2D eigenvalue weighted by Crippen LogP contribution is 2.35. The van der Waals surface area contributed by atoms with Gasteiger partial charge in [-0.05, 0) is 31.2 Å². The Labute approximate surface area is 121 Å². The van der Waals surface area contributed by atoms with Gasteiger partial charge in [-0.15, -0.1) is 0 Å². The Morgan fingerprint density at radius 3 is 2.16 bits per heavy atom. The Hall–Kier alpha value is -0.0400.